The number of alkyl halides is 2. The Balaban J connectivity index is 2.10. The molecule has 0 N–H and O–H groups in total. The maximum atomic E-state index is 3.78. The van der Waals surface area contributed by atoms with Gasteiger partial charge in [0.25, 0.3) is 0 Å². The van der Waals surface area contributed by atoms with Gasteiger partial charge in [0.15, 0.2) is 7.85 Å². The average molecular weight is 420 g/mol. The summed E-state index contributed by atoms with van der Waals surface area (Å²) in [5.41, 5.74) is 3.19. The SMILES string of the molecule is Bc1cc2c3c(c4c(c2s1)CC(Br)S4)CC(Br)S3. The molecule has 92 valence electrons. The molecule has 3 heterocycles. The molecule has 0 fully saturated rings. The third kappa shape index (κ3) is 1.79. The Bertz CT molecular complexity index is 612. The van der Waals surface area contributed by atoms with Crippen LogP contribution in [0.1, 0.15) is 11.1 Å². The highest BCUT2D eigenvalue weighted by Gasteiger charge is 2.33. The van der Waals surface area contributed by atoms with Crippen LogP contribution in [0.25, 0.3) is 10.1 Å². The Morgan fingerprint density at radius 2 is 1.72 bits per heavy atom. The largest absolute Gasteiger partial charge is 0.152 e. The zero-order chi connectivity index (χ0) is 12.4. The van der Waals surface area contributed by atoms with Gasteiger partial charge >= 0.3 is 0 Å². The summed E-state index contributed by atoms with van der Waals surface area (Å²) in [6.45, 7) is 0. The molecule has 18 heavy (non-hydrogen) atoms. The quantitative estimate of drug-likeness (QED) is 0.469. The van der Waals surface area contributed by atoms with Crippen molar-refractivity contribution in [1.82, 2.24) is 0 Å². The first-order valence-electron chi connectivity index (χ1n) is 5.83. The molecule has 0 saturated carbocycles. The van der Waals surface area contributed by atoms with E-state index in [9.17, 15) is 0 Å². The average Bonchev–Trinajstić information content (AvgIpc) is 2.93. The van der Waals surface area contributed by atoms with Crippen LogP contribution in [-0.4, -0.2) is 16.2 Å². The highest BCUT2D eigenvalue weighted by Crippen LogP contribution is 2.54. The molecule has 4 rings (SSSR count). The topological polar surface area (TPSA) is 0 Å². The summed E-state index contributed by atoms with van der Waals surface area (Å²) in [6.07, 6.45) is 2.33. The van der Waals surface area contributed by atoms with Crippen LogP contribution in [0.3, 0.4) is 0 Å². The first-order valence-corrected chi connectivity index (χ1v) is 10.2. The van der Waals surface area contributed by atoms with Gasteiger partial charge in [0, 0.05) is 19.9 Å². The van der Waals surface area contributed by atoms with Crippen molar-refractivity contribution in [2.45, 2.75) is 31.0 Å². The van der Waals surface area contributed by atoms with Crippen LogP contribution in [0.4, 0.5) is 0 Å². The molecule has 1 aromatic heterocycles. The van der Waals surface area contributed by atoms with E-state index in [1.54, 1.807) is 16.0 Å². The molecule has 2 aliphatic heterocycles. The van der Waals surface area contributed by atoms with Crippen LogP contribution >= 0.6 is 66.7 Å². The number of hydrogen-bond donors (Lipinski definition) is 0. The zero-order valence-electron chi connectivity index (χ0n) is 9.63. The molecule has 0 spiro atoms. The van der Waals surface area contributed by atoms with Crippen molar-refractivity contribution in [3.05, 3.63) is 17.2 Å². The number of hydrogen-bond acceptors (Lipinski definition) is 3. The minimum absolute atomic E-state index is 0.553. The number of benzene rings is 1. The second-order valence-corrected chi connectivity index (χ2v) is 11.8. The van der Waals surface area contributed by atoms with E-state index in [-0.39, 0.29) is 0 Å². The van der Waals surface area contributed by atoms with Crippen LogP contribution in [0, 0.1) is 0 Å². The lowest BCUT2D eigenvalue weighted by Crippen LogP contribution is -1.91. The fourth-order valence-corrected chi connectivity index (χ4v) is 8.09. The molecule has 6 heteroatoms. The van der Waals surface area contributed by atoms with Crippen LogP contribution in [0.15, 0.2) is 15.9 Å². The van der Waals surface area contributed by atoms with Crippen molar-refractivity contribution >= 4 is 89.4 Å². The Morgan fingerprint density at radius 1 is 1.06 bits per heavy atom. The Kier molecular flexibility index (Phi) is 3.12. The van der Waals surface area contributed by atoms with E-state index in [1.807, 2.05) is 34.9 Å². The van der Waals surface area contributed by atoms with Gasteiger partial charge < -0.3 is 0 Å². The Morgan fingerprint density at radius 3 is 2.50 bits per heavy atom. The summed E-state index contributed by atoms with van der Waals surface area (Å²) in [4.78, 5) is 3.10. The van der Waals surface area contributed by atoms with Crippen LogP contribution < -0.4 is 4.78 Å². The van der Waals surface area contributed by atoms with Gasteiger partial charge in [-0.05, 0) is 34.8 Å². The maximum absolute atomic E-state index is 3.78. The lowest BCUT2D eigenvalue weighted by molar-refractivity contribution is 1.04. The molecule has 0 bridgehead atoms. The van der Waals surface area contributed by atoms with Crippen molar-refractivity contribution < 1.29 is 0 Å². The molecule has 2 unspecified atom stereocenters. The standard InChI is InChI=1S/C12H9BBr2S3/c13-7-1-4-10(16-7)5-2-8(14)18-12(5)6-3-9(15)17-11(4)6/h1,8-9H,2-3,13H2. The van der Waals surface area contributed by atoms with Crippen molar-refractivity contribution in [1.29, 1.82) is 0 Å². The third-order valence-electron chi connectivity index (χ3n) is 3.42. The van der Waals surface area contributed by atoms with Gasteiger partial charge in [-0.3, -0.25) is 0 Å². The predicted octanol–water partition coefficient (Wildman–Crippen LogP) is 3.90. The van der Waals surface area contributed by atoms with Crippen molar-refractivity contribution in [2.75, 3.05) is 0 Å². The van der Waals surface area contributed by atoms with Crippen molar-refractivity contribution in [3.8, 4) is 0 Å². The lowest BCUT2D eigenvalue weighted by atomic mass is 10.0. The van der Waals surface area contributed by atoms with Crippen molar-refractivity contribution in [2.24, 2.45) is 0 Å². The maximum Gasteiger partial charge on any atom is 0.152 e. The fraction of sp³-hybridized carbons (Fsp3) is 0.333. The molecule has 0 aliphatic carbocycles. The molecular weight excluding hydrogens is 411 g/mol. The smallest absolute Gasteiger partial charge is 0.151 e. The molecule has 2 aliphatic rings. The summed E-state index contributed by atoms with van der Waals surface area (Å²) in [6, 6.07) is 2.38. The van der Waals surface area contributed by atoms with Gasteiger partial charge in [0.1, 0.15) is 0 Å². The Hall–Kier alpha value is 0.905. The van der Waals surface area contributed by atoms with Gasteiger partial charge in [-0.2, -0.15) is 11.3 Å². The van der Waals surface area contributed by atoms with Gasteiger partial charge in [-0.25, -0.2) is 0 Å². The van der Waals surface area contributed by atoms with Crippen LogP contribution in [-0.2, 0) is 12.8 Å². The minimum atomic E-state index is 0.553. The molecule has 0 radical (unpaired) electrons. The van der Waals surface area contributed by atoms with E-state index < -0.39 is 0 Å². The molecule has 2 aromatic rings. The van der Waals surface area contributed by atoms with E-state index in [4.69, 9.17) is 0 Å². The minimum Gasteiger partial charge on any atom is -0.151 e. The summed E-state index contributed by atoms with van der Waals surface area (Å²) < 4.78 is 4.08. The number of thiophene rings is 1. The number of thioether (sulfide) groups is 2. The number of fused-ring (bicyclic) bond motifs is 6. The summed E-state index contributed by atoms with van der Waals surface area (Å²) in [5.74, 6) is 0. The second-order valence-electron chi connectivity index (χ2n) is 4.68. The van der Waals surface area contributed by atoms with E-state index in [0.717, 1.165) is 0 Å². The second kappa shape index (κ2) is 4.45. The van der Waals surface area contributed by atoms with Crippen LogP contribution in [0.2, 0.25) is 0 Å². The highest BCUT2D eigenvalue weighted by molar-refractivity contribution is 9.11. The van der Waals surface area contributed by atoms with E-state index in [0.29, 0.717) is 8.32 Å². The van der Waals surface area contributed by atoms with E-state index >= 15 is 0 Å². The molecule has 2 atom stereocenters. The monoisotopic (exact) mass is 418 g/mol. The van der Waals surface area contributed by atoms with Gasteiger partial charge in [0.2, 0.25) is 0 Å². The first-order chi connectivity index (χ1) is 8.63. The Labute approximate surface area is 136 Å². The fourth-order valence-electron chi connectivity index (χ4n) is 2.77. The van der Waals surface area contributed by atoms with E-state index in [1.165, 1.54) is 32.6 Å². The summed E-state index contributed by atoms with van der Waals surface area (Å²) in [7, 11) is 2.22. The molecule has 0 saturated heterocycles. The summed E-state index contributed by atoms with van der Waals surface area (Å²) in [5, 5.41) is 1.50. The predicted molar refractivity (Wildman–Crippen MR) is 94.6 cm³/mol. The zero-order valence-corrected chi connectivity index (χ0v) is 15.2. The molecule has 1 aromatic carbocycles. The van der Waals surface area contributed by atoms with Crippen molar-refractivity contribution in [3.63, 3.8) is 0 Å². The van der Waals surface area contributed by atoms with Gasteiger partial charge in [-0.1, -0.05) is 31.9 Å². The van der Waals surface area contributed by atoms with Gasteiger partial charge in [-0.15, -0.1) is 23.5 Å². The number of halogens is 2. The molecule has 0 nitrogen and oxygen atoms in total. The van der Waals surface area contributed by atoms with E-state index in [2.05, 4.69) is 45.8 Å². The third-order valence-corrected chi connectivity index (χ3v) is 8.57. The molecular formula is C12H9BBr2S3. The normalized spacial score (nSPS) is 25.7. The first kappa shape index (κ1) is 12.6. The van der Waals surface area contributed by atoms with Crippen LogP contribution in [0.5, 0.6) is 0 Å². The lowest BCUT2D eigenvalue weighted by Gasteiger charge is -2.07. The number of rotatable bonds is 0. The van der Waals surface area contributed by atoms with Gasteiger partial charge in [0.05, 0.1) is 8.32 Å². The summed E-state index contributed by atoms with van der Waals surface area (Å²) >= 11 is 13.5. The molecule has 0 amide bonds. The highest BCUT2D eigenvalue weighted by atomic mass is 79.9.